The van der Waals surface area contributed by atoms with E-state index in [2.05, 4.69) is 29.0 Å². The van der Waals surface area contributed by atoms with E-state index in [4.69, 9.17) is 4.74 Å². The molecule has 5 nitrogen and oxygen atoms in total. The molecule has 2 heterocycles. The molecule has 3 rings (SSSR count). The Labute approximate surface area is 149 Å². The highest BCUT2D eigenvalue weighted by atomic mass is 16.5. The Bertz CT molecular complexity index is 739. The van der Waals surface area contributed by atoms with Gasteiger partial charge in [-0.25, -0.2) is 0 Å². The van der Waals surface area contributed by atoms with Crippen LogP contribution in [0, 0.1) is 12.8 Å². The molecular formula is C20H27N3O2. The van der Waals surface area contributed by atoms with Crippen LogP contribution in [0.5, 0.6) is 0 Å². The molecule has 0 saturated carbocycles. The Morgan fingerprint density at radius 3 is 2.72 bits per heavy atom. The third kappa shape index (κ3) is 4.17. The molecule has 0 bridgehead atoms. The van der Waals surface area contributed by atoms with Gasteiger partial charge in [-0.05, 0) is 25.0 Å². The first-order chi connectivity index (χ1) is 12.1. The van der Waals surface area contributed by atoms with Crippen molar-refractivity contribution < 1.29 is 9.53 Å². The average molecular weight is 341 g/mol. The van der Waals surface area contributed by atoms with E-state index in [1.807, 2.05) is 37.3 Å². The summed E-state index contributed by atoms with van der Waals surface area (Å²) in [5.41, 5.74) is 2.42. The number of pyridine rings is 1. The number of hydrogen-bond acceptors (Lipinski definition) is 4. The van der Waals surface area contributed by atoms with E-state index in [0.29, 0.717) is 24.1 Å². The Morgan fingerprint density at radius 2 is 2.00 bits per heavy atom. The molecule has 1 aromatic heterocycles. The highest BCUT2D eigenvalue weighted by molar-refractivity contribution is 6.06. The summed E-state index contributed by atoms with van der Waals surface area (Å²) in [6.45, 7) is 10.4. The highest BCUT2D eigenvalue weighted by Crippen LogP contribution is 2.18. The maximum Gasteiger partial charge on any atom is 0.252 e. The predicted molar refractivity (Wildman–Crippen MR) is 99.8 cm³/mol. The van der Waals surface area contributed by atoms with Crippen molar-refractivity contribution >= 4 is 16.8 Å². The van der Waals surface area contributed by atoms with Crippen LogP contribution in [0.4, 0.5) is 0 Å². The van der Waals surface area contributed by atoms with Crippen molar-refractivity contribution in [1.29, 1.82) is 0 Å². The van der Waals surface area contributed by atoms with Crippen molar-refractivity contribution in [2.24, 2.45) is 5.92 Å². The van der Waals surface area contributed by atoms with Crippen LogP contribution in [0.3, 0.4) is 0 Å². The molecule has 0 spiro atoms. The number of ether oxygens (including phenoxy) is 1. The summed E-state index contributed by atoms with van der Waals surface area (Å²) >= 11 is 0. The summed E-state index contributed by atoms with van der Waals surface area (Å²) in [4.78, 5) is 19.8. The second kappa shape index (κ2) is 7.93. The number of nitrogens with zero attached hydrogens (tertiary/aromatic N) is 2. The summed E-state index contributed by atoms with van der Waals surface area (Å²) in [7, 11) is 0. The smallest absolute Gasteiger partial charge is 0.252 e. The van der Waals surface area contributed by atoms with Gasteiger partial charge in [-0.15, -0.1) is 0 Å². The minimum absolute atomic E-state index is 0.0272. The van der Waals surface area contributed by atoms with Gasteiger partial charge in [-0.1, -0.05) is 32.0 Å². The van der Waals surface area contributed by atoms with E-state index in [-0.39, 0.29) is 5.91 Å². The molecule has 1 fully saturated rings. The van der Waals surface area contributed by atoms with Crippen molar-refractivity contribution in [3.63, 3.8) is 0 Å². The zero-order valence-electron chi connectivity index (χ0n) is 15.3. The van der Waals surface area contributed by atoms with Gasteiger partial charge in [-0.3, -0.25) is 14.7 Å². The van der Waals surface area contributed by atoms with Crippen LogP contribution in [0.1, 0.15) is 29.9 Å². The minimum Gasteiger partial charge on any atom is -0.379 e. The topological polar surface area (TPSA) is 54.5 Å². The maximum absolute atomic E-state index is 12.8. The molecule has 1 amide bonds. The molecule has 1 N–H and O–H groups in total. The van der Waals surface area contributed by atoms with Gasteiger partial charge >= 0.3 is 0 Å². The van der Waals surface area contributed by atoms with Gasteiger partial charge in [0.05, 0.1) is 24.3 Å². The molecule has 1 atom stereocenters. The quantitative estimate of drug-likeness (QED) is 0.908. The lowest BCUT2D eigenvalue weighted by Crippen LogP contribution is -2.51. The molecule has 1 saturated heterocycles. The van der Waals surface area contributed by atoms with Crippen LogP contribution in [0.25, 0.3) is 10.9 Å². The standard InChI is InChI=1S/C20H27N3O2/c1-14(2)19(23-8-10-25-11-9-23)13-21-20(24)17-12-15(3)22-18-7-5-4-6-16(17)18/h4-7,12,14,19H,8-11,13H2,1-3H3,(H,21,24). The average Bonchev–Trinajstić information content (AvgIpc) is 2.61. The van der Waals surface area contributed by atoms with Crippen molar-refractivity contribution in [2.45, 2.75) is 26.8 Å². The summed E-state index contributed by atoms with van der Waals surface area (Å²) in [6.07, 6.45) is 0. The van der Waals surface area contributed by atoms with Gasteiger partial charge in [0.1, 0.15) is 0 Å². The molecule has 0 aliphatic carbocycles. The Hall–Kier alpha value is -1.98. The number of aromatic nitrogens is 1. The number of carbonyl (C=O) groups excluding carboxylic acids is 1. The highest BCUT2D eigenvalue weighted by Gasteiger charge is 2.24. The lowest BCUT2D eigenvalue weighted by Gasteiger charge is -2.36. The summed E-state index contributed by atoms with van der Waals surface area (Å²) in [5.74, 6) is 0.440. The number of para-hydroxylation sites is 1. The van der Waals surface area contributed by atoms with Gasteiger partial charge in [0.2, 0.25) is 0 Å². The number of carbonyl (C=O) groups is 1. The fourth-order valence-corrected chi connectivity index (χ4v) is 3.48. The van der Waals surface area contributed by atoms with Crippen molar-refractivity contribution in [1.82, 2.24) is 15.2 Å². The molecular weight excluding hydrogens is 314 g/mol. The van der Waals surface area contributed by atoms with Crippen LogP contribution in [0.2, 0.25) is 0 Å². The largest absolute Gasteiger partial charge is 0.379 e. The van der Waals surface area contributed by atoms with E-state index in [1.54, 1.807) is 0 Å². The number of fused-ring (bicyclic) bond motifs is 1. The Morgan fingerprint density at radius 1 is 1.28 bits per heavy atom. The van der Waals surface area contributed by atoms with Crippen LogP contribution >= 0.6 is 0 Å². The van der Waals surface area contributed by atoms with Gasteiger partial charge < -0.3 is 10.1 Å². The molecule has 1 unspecified atom stereocenters. The van der Waals surface area contributed by atoms with E-state index in [1.165, 1.54) is 0 Å². The molecule has 5 heteroatoms. The van der Waals surface area contributed by atoms with Crippen molar-refractivity contribution in [2.75, 3.05) is 32.8 Å². The summed E-state index contributed by atoms with van der Waals surface area (Å²) in [5, 5.41) is 4.05. The second-order valence-electron chi connectivity index (χ2n) is 7.00. The first-order valence-electron chi connectivity index (χ1n) is 9.02. The Balaban J connectivity index is 1.75. The monoisotopic (exact) mass is 341 g/mol. The van der Waals surface area contributed by atoms with E-state index < -0.39 is 0 Å². The number of rotatable bonds is 5. The van der Waals surface area contributed by atoms with E-state index in [9.17, 15) is 4.79 Å². The predicted octanol–water partition coefficient (Wildman–Crippen LogP) is 2.63. The summed E-state index contributed by atoms with van der Waals surface area (Å²) < 4.78 is 5.45. The van der Waals surface area contributed by atoms with Crippen LogP contribution in [0.15, 0.2) is 30.3 Å². The fourth-order valence-electron chi connectivity index (χ4n) is 3.48. The number of benzene rings is 1. The maximum atomic E-state index is 12.8. The van der Waals surface area contributed by atoms with Gasteiger partial charge in [-0.2, -0.15) is 0 Å². The molecule has 0 radical (unpaired) electrons. The first kappa shape index (κ1) is 17.8. The second-order valence-corrected chi connectivity index (χ2v) is 7.00. The molecule has 1 aliphatic rings. The number of hydrogen-bond donors (Lipinski definition) is 1. The normalized spacial score (nSPS) is 17.0. The minimum atomic E-state index is -0.0272. The Kier molecular flexibility index (Phi) is 5.66. The van der Waals surface area contributed by atoms with Crippen LogP contribution in [-0.2, 0) is 4.74 Å². The van der Waals surface area contributed by atoms with Crippen LogP contribution < -0.4 is 5.32 Å². The SMILES string of the molecule is Cc1cc(C(=O)NCC(C(C)C)N2CCOCC2)c2ccccc2n1. The van der Waals surface area contributed by atoms with E-state index in [0.717, 1.165) is 42.9 Å². The molecule has 1 aromatic carbocycles. The number of aryl methyl sites for hydroxylation is 1. The van der Waals surface area contributed by atoms with Gasteiger partial charge in [0, 0.05) is 36.8 Å². The zero-order chi connectivity index (χ0) is 17.8. The van der Waals surface area contributed by atoms with Gasteiger partial charge in [0.25, 0.3) is 5.91 Å². The number of amides is 1. The first-order valence-corrected chi connectivity index (χ1v) is 9.02. The van der Waals surface area contributed by atoms with E-state index >= 15 is 0 Å². The third-order valence-corrected chi connectivity index (χ3v) is 4.84. The fraction of sp³-hybridized carbons (Fsp3) is 0.500. The summed E-state index contributed by atoms with van der Waals surface area (Å²) in [6, 6.07) is 9.99. The lowest BCUT2D eigenvalue weighted by atomic mass is 10.0. The third-order valence-electron chi connectivity index (χ3n) is 4.84. The molecule has 2 aromatic rings. The number of nitrogens with one attached hydrogen (secondary N) is 1. The lowest BCUT2D eigenvalue weighted by molar-refractivity contribution is 0.00673. The van der Waals surface area contributed by atoms with Gasteiger partial charge in [0.15, 0.2) is 0 Å². The van der Waals surface area contributed by atoms with Crippen molar-refractivity contribution in [3.05, 3.63) is 41.6 Å². The molecule has 134 valence electrons. The molecule has 25 heavy (non-hydrogen) atoms. The number of morpholine rings is 1. The van der Waals surface area contributed by atoms with Crippen molar-refractivity contribution in [3.8, 4) is 0 Å². The molecule has 1 aliphatic heterocycles. The van der Waals surface area contributed by atoms with Crippen LogP contribution in [-0.4, -0.2) is 54.7 Å². The zero-order valence-corrected chi connectivity index (χ0v) is 15.3.